The molecule has 108 valence electrons. The molecule has 0 fully saturated rings. The van der Waals surface area contributed by atoms with Crippen LogP contribution in [0.4, 0.5) is 0 Å². The molecule has 5 N–H and O–H groups in total. The molecule has 0 radical (unpaired) electrons. The third-order valence-corrected chi connectivity index (χ3v) is 2.84. The Morgan fingerprint density at radius 1 is 1.30 bits per heavy atom. The van der Waals surface area contributed by atoms with E-state index in [4.69, 9.17) is 23.1 Å². The molecule has 0 saturated carbocycles. The number of nitrogens with two attached hydrogens (primary N) is 1. The van der Waals surface area contributed by atoms with Crippen molar-refractivity contribution in [2.75, 3.05) is 0 Å². The zero-order valence-electron chi connectivity index (χ0n) is 10.8. The predicted octanol–water partition coefficient (Wildman–Crippen LogP) is 0.369. The number of carboxylic acid groups (broad SMARTS) is 1. The van der Waals surface area contributed by atoms with E-state index in [-0.39, 0.29) is 18.0 Å². The van der Waals surface area contributed by atoms with Crippen LogP contribution in [0.3, 0.4) is 0 Å². The number of carbonyl (C=O) groups excluding carboxylic acids is 1. The van der Waals surface area contributed by atoms with Crippen molar-refractivity contribution in [3.05, 3.63) is 35.9 Å². The number of carbonyl (C=O) groups is 2. The average molecular weight is 295 g/mol. The first-order valence-electron chi connectivity index (χ1n) is 6.08. The van der Waals surface area contributed by atoms with Crippen LogP contribution in [0.5, 0.6) is 0 Å². The molecular weight excluding hydrogens is 278 g/mol. The number of nitrogens with one attached hydrogen (secondary N) is 2. The molecule has 0 aromatic heterocycles. The Kier molecular flexibility index (Phi) is 6.45. The number of thiocarbonyl (C=S) groups is 1. The quantitative estimate of drug-likeness (QED) is 0.542. The van der Waals surface area contributed by atoms with Gasteiger partial charge in [-0.3, -0.25) is 4.79 Å². The summed E-state index contributed by atoms with van der Waals surface area (Å²) in [6.07, 6.45) is 0.0864. The Balaban J connectivity index is 2.41. The topological polar surface area (TPSA) is 104 Å². The molecule has 0 aliphatic rings. The maximum Gasteiger partial charge on any atom is 0.326 e. The Morgan fingerprint density at radius 2 is 1.95 bits per heavy atom. The van der Waals surface area contributed by atoms with Gasteiger partial charge >= 0.3 is 5.97 Å². The number of primary amides is 1. The van der Waals surface area contributed by atoms with Crippen molar-refractivity contribution in [2.45, 2.75) is 25.4 Å². The summed E-state index contributed by atoms with van der Waals surface area (Å²) < 4.78 is 0. The van der Waals surface area contributed by atoms with Crippen LogP contribution in [-0.4, -0.2) is 28.1 Å². The molecule has 20 heavy (non-hydrogen) atoms. The summed E-state index contributed by atoms with van der Waals surface area (Å²) in [4.78, 5) is 21.7. The van der Waals surface area contributed by atoms with Gasteiger partial charge in [0.05, 0.1) is 0 Å². The van der Waals surface area contributed by atoms with Gasteiger partial charge in [-0.1, -0.05) is 30.3 Å². The van der Waals surface area contributed by atoms with Crippen molar-refractivity contribution in [3.8, 4) is 0 Å². The Bertz CT molecular complexity index is 479. The number of aliphatic carboxylic acids is 1. The highest BCUT2D eigenvalue weighted by Crippen LogP contribution is 1.99. The van der Waals surface area contributed by atoms with Crippen LogP contribution in [0.2, 0.25) is 0 Å². The Hall–Kier alpha value is -2.15. The van der Waals surface area contributed by atoms with Crippen LogP contribution in [0.15, 0.2) is 30.3 Å². The lowest BCUT2D eigenvalue weighted by Crippen LogP contribution is -2.46. The summed E-state index contributed by atoms with van der Waals surface area (Å²) in [7, 11) is 0. The highest BCUT2D eigenvalue weighted by Gasteiger charge is 2.18. The number of benzene rings is 1. The second-order valence-corrected chi connectivity index (χ2v) is 4.62. The number of carboxylic acids is 1. The Morgan fingerprint density at radius 3 is 2.50 bits per heavy atom. The molecular formula is C13H17N3O3S. The van der Waals surface area contributed by atoms with E-state index in [1.165, 1.54) is 0 Å². The standard InChI is InChI=1S/C13H17N3O3S/c14-11(17)7-6-10(12(18)19)16-13(20)15-8-9-4-2-1-3-5-9/h1-5,10H,6-8H2,(H2,14,17)(H,18,19)(H2,15,16,20). The SMILES string of the molecule is NC(=O)CCC(NC(=S)NCc1ccccc1)C(=O)O. The van der Waals surface area contributed by atoms with Crippen molar-refractivity contribution < 1.29 is 14.7 Å². The number of rotatable bonds is 7. The van der Waals surface area contributed by atoms with Gasteiger partial charge < -0.3 is 21.5 Å². The van der Waals surface area contributed by atoms with Crippen LogP contribution in [-0.2, 0) is 16.1 Å². The predicted molar refractivity (Wildman–Crippen MR) is 78.9 cm³/mol. The molecule has 1 rings (SSSR count). The summed E-state index contributed by atoms with van der Waals surface area (Å²) in [5, 5.41) is 14.8. The summed E-state index contributed by atoms with van der Waals surface area (Å²) in [6.45, 7) is 0.495. The lowest BCUT2D eigenvalue weighted by Gasteiger charge is -2.16. The van der Waals surface area contributed by atoms with E-state index >= 15 is 0 Å². The molecule has 0 heterocycles. The van der Waals surface area contributed by atoms with Crippen LogP contribution in [0, 0.1) is 0 Å². The van der Waals surface area contributed by atoms with Crippen LogP contribution in [0.1, 0.15) is 18.4 Å². The minimum Gasteiger partial charge on any atom is -0.480 e. The van der Waals surface area contributed by atoms with E-state index < -0.39 is 17.9 Å². The molecule has 1 aromatic rings. The van der Waals surface area contributed by atoms with Gasteiger partial charge in [-0.2, -0.15) is 0 Å². The van der Waals surface area contributed by atoms with E-state index in [1.54, 1.807) is 0 Å². The maximum atomic E-state index is 11.0. The van der Waals surface area contributed by atoms with Crippen molar-refractivity contribution in [1.82, 2.24) is 10.6 Å². The average Bonchev–Trinajstić information content (AvgIpc) is 2.41. The van der Waals surface area contributed by atoms with Gasteiger partial charge in [0, 0.05) is 13.0 Å². The van der Waals surface area contributed by atoms with Gasteiger partial charge in [0.25, 0.3) is 0 Å². The number of hydrogen-bond acceptors (Lipinski definition) is 3. The van der Waals surface area contributed by atoms with Gasteiger partial charge in [-0.25, -0.2) is 4.79 Å². The molecule has 1 aromatic carbocycles. The van der Waals surface area contributed by atoms with Crippen molar-refractivity contribution >= 4 is 29.2 Å². The highest BCUT2D eigenvalue weighted by molar-refractivity contribution is 7.80. The molecule has 1 amide bonds. The van der Waals surface area contributed by atoms with Crippen molar-refractivity contribution in [2.24, 2.45) is 5.73 Å². The molecule has 0 bridgehead atoms. The molecule has 7 heteroatoms. The summed E-state index contributed by atoms with van der Waals surface area (Å²) in [5.41, 5.74) is 6.03. The van der Waals surface area contributed by atoms with Crippen LogP contribution in [0.25, 0.3) is 0 Å². The minimum atomic E-state index is -1.07. The van der Waals surface area contributed by atoms with E-state index in [1.807, 2.05) is 30.3 Å². The third kappa shape index (κ3) is 6.14. The third-order valence-electron chi connectivity index (χ3n) is 2.58. The smallest absolute Gasteiger partial charge is 0.326 e. The van der Waals surface area contributed by atoms with E-state index in [0.717, 1.165) is 5.56 Å². The zero-order valence-corrected chi connectivity index (χ0v) is 11.7. The molecule has 0 spiro atoms. The molecule has 1 unspecified atom stereocenters. The van der Waals surface area contributed by atoms with Gasteiger partial charge in [-0.15, -0.1) is 0 Å². The fourth-order valence-corrected chi connectivity index (χ4v) is 1.75. The van der Waals surface area contributed by atoms with Crippen LogP contribution < -0.4 is 16.4 Å². The zero-order chi connectivity index (χ0) is 15.0. The second-order valence-electron chi connectivity index (χ2n) is 4.21. The lowest BCUT2D eigenvalue weighted by molar-refractivity contribution is -0.139. The first-order valence-corrected chi connectivity index (χ1v) is 6.49. The van der Waals surface area contributed by atoms with Gasteiger partial charge in [0.2, 0.25) is 5.91 Å². The van der Waals surface area contributed by atoms with Crippen LogP contribution >= 0.6 is 12.2 Å². The molecule has 6 nitrogen and oxygen atoms in total. The van der Waals surface area contributed by atoms with E-state index in [0.29, 0.717) is 6.54 Å². The van der Waals surface area contributed by atoms with E-state index in [9.17, 15) is 9.59 Å². The monoisotopic (exact) mass is 295 g/mol. The van der Waals surface area contributed by atoms with Gasteiger partial charge in [0.15, 0.2) is 5.11 Å². The molecule has 0 aliphatic heterocycles. The summed E-state index contributed by atoms with van der Waals surface area (Å²) >= 11 is 5.03. The largest absolute Gasteiger partial charge is 0.480 e. The first-order chi connectivity index (χ1) is 9.49. The fraction of sp³-hybridized carbons (Fsp3) is 0.308. The van der Waals surface area contributed by atoms with Gasteiger partial charge in [0.1, 0.15) is 6.04 Å². The Labute approximate surface area is 122 Å². The van der Waals surface area contributed by atoms with Gasteiger partial charge in [-0.05, 0) is 24.2 Å². The summed E-state index contributed by atoms with van der Waals surface area (Å²) in [6, 6.07) is 8.64. The maximum absolute atomic E-state index is 11.0. The highest BCUT2D eigenvalue weighted by atomic mass is 32.1. The first kappa shape index (κ1) is 15.9. The normalized spacial score (nSPS) is 11.4. The summed E-state index contributed by atoms with van der Waals surface area (Å²) in [5.74, 6) is -1.61. The van der Waals surface area contributed by atoms with Crippen molar-refractivity contribution in [3.63, 3.8) is 0 Å². The van der Waals surface area contributed by atoms with E-state index in [2.05, 4.69) is 10.6 Å². The molecule has 0 aliphatic carbocycles. The number of amides is 1. The fourth-order valence-electron chi connectivity index (χ4n) is 1.53. The number of hydrogen-bond donors (Lipinski definition) is 4. The van der Waals surface area contributed by atoms with Crippen molar-refractivity contribution in [1.29, 1.82) is 0 Å². The molecule has 0 saturated heterocycles. The molecule has 1 atom stereocenters. The minimum absolute atomic E-state index is 0.00867. The second kappa shape index (κ2) is 8.11. The lowest BCUT2D eigenvalue weighted by atomic mass is 10.1.